The molecule has 0 saturated heterocycles. The quantitative estimate of drug-likeness (QED) is 0.440. The first-order valence-corrected chi connectivity index (χ1v) is 7.05. The van der Waals surface area contributed by atoms with Crippen LogP contribution in [0.15, 0.2) is 24.3 Å². The highest BCUT2D eigenvalue weighted by atomic mass is 16.5. The maximum Gasteiger partial charge on any atom is 0.311 e. The highest BCUT2D eigenvalue weighted by Gasteiger charge is 2.13. The average Bonchev–Trinajstić information content (AvgIpc) is 2.52. The number of carbonyl (C=O) groups is 2. The molecule has 0 radical (unpaired) electrons. The van der Waals surface area contributed by atoms with E-state index in [4.69, 9.17) is 14.2 Å². The van der Waals surface area contributed by atoms with Crippen molar-refractivity contribution >= 4 is 11.9 Å². The number of benzene rings is 1. The number of rotatable bonds is 7. The van der Waals surface area contributed by atoms with Crippen LogP contribution in [0.3, 0.4) is 0 Å². The van der Waals surface area contributed by atoms with Crippen LogP contribution >= 0.6 is 0 Å². The highest BCUT2D eigenvalue weighted by molar-refractivity contribution is 5.79. The SMILES string of the molecule is CC#CC(CC)OC(=O)CCC(=O)Oc1cccc(OC)c1. The fourth-order valence-corrected chi connectivity index (χ4v) is 1.64. The van der Waals surface area contributed by atoms with Gasteiger partial charge in [-0.05, 0) is 25.5 Å². The Balaban J connectivity index is 2.41. The van der Waals surface area contributed by atoms with Gasteiger partial charge in [-0.25, -0.2) is 0 Å². The normalized spacial score (nSPS) is 10.9. The van der Waals surface area contributed by atoms with Crippen molar-refractivity contribution in [3.05, 3.63) is 24.3 Å². The molecular weight excluding hydrogens is 284 g/mol. The summed E-state index contributed by atoms with van der Waals surface area (Å²) in [5.74, 6) is 5.49. The predicted molar refractivity (Wildman–Crippen MR) is 81.5 cm³/mol. The van der Waals surface area contributed by atoms with Crippen LogP contribution in [0.1, 0.15) is 33.1 Å². The van der Waals surface area contributed by atoms with E-state index in [0.717, 1.165) is 0 Å². The molecule has 1 aromatic rings. The molecule has 0 N–H and O–H groups in total. The Labute approximate surface area is 130 Å². The molecule has 5 heteroatoms. The van der Waals surface area contributed by atoms with Crippen molar-refractivity contribution in [2.75, 3.05) is 7.11 Å². The van der Waals surface area contributed by atoms with Gasteiger partial charge in [0.1, 0.15) is 11.5 Å². The lowest BCUT2D eigenvalue weighted by Gasteiger charge is -2.10. The van der Waals surface area contributed by atoms with E-state index in [-0.39, 0.29) is 12.8 Å². The van der Waals surface area contributed by atoms with Crippen LogP contribution in [0.4, 0.5) is 0 Å². The van der Waals surface area contributed by atoms with Crippen molar-refractivity contribution in [3.63, 3.8) is 0 Å². The molecule has 0 aromatic heterocycles. The van der Waals surface area contributed by atoms with Gasteiger partial charge in [0.2, 0.25) is 0 Å². The number of methoxy groups -OCH3 is 1. The van der Waals surface area contributed by atoms with Gasteiger partial charge in [0, 0.05) is 6.07 Å². The van der Waals surface area contributed by atoms with Crippen LogP contribution in [0, 0.1) is 11.8 Å². The van der Waals surface area contributed by atoms with Gasteiger partial charge in [-0.15, -0.1) is 5.92 Å². The fourth-order valence-electron chi connectivity index (χ4n) is 1.64. The van der Waals surface area contributed by atoms with Gasteiger partial charge in [-0.2, -0.15) is 0 Å². The van der Waals surface area contributed by atoms with E-state index in [1.165, 1.54) is 7.11 Å². The van der Waals surface area contributed by atoms with Crippen LogP contribution < -0.4 is 9.47 Å². The summed E-state index contributed by atoms with van der Waals surface area (Å²) in [6.07, 6.45) is 0.101. The fraction of sp³-hybridized carbons (Fsp3) is 0.412. The lowest BCUT2D eigenvalue weighted by atomic mass is 10.2. The molecule has 0 heterocycles. The Hall–Kier alpha value is -2.48. The molecule has 5 nitrogen and oxygen atoms in total. The number of hydrogen-bond donors (Lipinski definition) is 0. The summed E-state index contributed by atoms with van der Waals surface area (Å²) < 4.78 is 15.3. The topological polar surface area (TPSA) is 61.8 Å². The molecular formula is C17H20O5. The molecule has 0 aliphatic carbocycles. The second kappa shape index (κ2) is 9.46. The first-order valence-electron chi connectivity index (χ1n) is 7.05. The summed E-state index contributed by atoms with van der Waals surface area (Å²) in [6.45, 7) is 3.56. The molecule has 0 fully saturated rings. The monoisotopic (exact) mass is 304 g/mol. The van der Waals surface area contributed by atoms with Gasteiger partial charge in [0.05, 0.1) is 20.0 Å². The largest absolute Gasteiger partial charge is 0.497 e. The Kier molecular flexibility index (Phi) is 7.55. The maximum absolute atomic E-state index is 11.7. The molecule has 0 amide bonds. The van der Waals surface area contributed by atoms with Gasteiger partial charge in [-0.3, -0.25) is 9.59 Å². The molecule has 0 aliphatic heterocycles. The molecule has 1 rings (SSSR count). The van der Waals surface area contributed by atoms with Crippen LogP contribution in [-0.4, -0.2) is 25.2 Å². The second-order valence-electron chi connectivity index (χ2n) is 4.43. The van der Waals surface area contributed by atoms with Gasteiger partial charge in [0.25, 0.3) is 0 Å². The standard InChI is InChI=1S/C17H20O5/c1-4-7-13(5-2)21-16(18)10-11-17(19)22-15-9-6-8-14(12-15)20-3/h6,8-9,12-13H,5,10-11H2,1-3H3. The van der Waals surface area contributed by atoms with Gasteiger partial charge in [-0.1, -0.05) is 18.9 Å². The van der Waals surface area contributed by atoms with Crippen LogP contribution in [-0.2, 0) is 14.3 Å². The van der Waals surface area contributed by atoms with Crippen LogP contribution in [0.2, 0.25) is 0 Å². The van der Waals surface area contributed by atoms with Crippen molar-refractivity contribution in [2.24, 2.45) is 0 Å². The molecule has 0 bridgehead atoms. The summed E-state index contributed by atoms with van der Waals surface area (Å²) in [7, 11) is 1.53. The first-order chi connectivity index (χ1) is 10.6. The lowest BCUT2D eigenvalue weighted by Crippen LogP contribution is -2.17. The first kappa shape index (κ1) is 17.6. The van der Waals surface area contributed by atoms with Crippen molar-refractivity contribution in [1.29, 1.82) is 0 Å². The van der Waals surface area contributed by atoms with Gasteiger partial charge >= 0.3 is 11.9 Å². The smallest absolute Gasteiger partial charge is 0.311 e. The lowest BCUT2D eigenvalue weighted by molar-refractivity contribution is -0.149. The maximum atomic E-state index is 11.7. The number of hydrogen-bond acceptors (Lipinski definition) is 5. The molecule has 0 saturated carbocycles. The van der Waals surface area contributed by atoms with Crippen molar-refractivity contribution in [3.8, 4) is 23.3 Å². The Morgan fingerprint density at radius 1 is 1.18 bits per heavy atom. The average molecular weight is 304 g/mol. The summed E-state index contributed by atoms with van der Waals surface area (Å²) in [5.41, 5.74) is 0. The third-order valence-corrected chi connectivity index (χ3v) is 2.76. The zero-order valence-electron chi connectivity index (χ0n) is 13.0. The molecule has 22 heavy (non-hydrogen) atoms. The summed E-state index contributed by atoms with van der Waals surface area (Å²) >= 11 is 0. The number of carbonyl (C=O) groups excluding carboxylic acids is 2. The van der Waals surface area contributed by atoms with Crippen LogP contribution in [0.5, 0.6) is 11.5 Å². The zero-order valence-corrected chi connectivity index (χ0v) is 13.0. The Morgan fingerprint density at radius 2 is 1.86 bits per heavy atom. The second-order valence-corrected chi connectivity index (χ2v) is 4.43. The summed E-state index contributed by atoms with van der Waals surface area (Å²) in [5, 5.41) is 0. The Bertz CT molecular complexity index is 568. The molecule has 0 spiro atoms. The van der Waals surface area contributed by atoms with Crippen molar-refractivity contribution in [1.82, 2.24) is 0 Å². The van der Waals surface area contributed by atoms with E-state index in [2.05, 4.69) is 11.8 Å². The minimum absolute atomic E-state index is 0.0370. The Morgan fingerprint density at radius 3 is 2.50 bits per heavy atom. The van der Waals surface area contributed by atoms with E-state index in [1.54, 1.807) is 31.2 Å². The molecule has 118 valence electrons. The molecule has 0 aliphatic rings. The highest BCUT2D eigenvalue weighted by Crippen LogP contribution is 2.19. The third-order valence-electron chi connectivity index (χ3n) is 2.76. The molecule has 1 aromatic carbocycles. The molecule has 1 atom stereocenters. The minimum Gasteiger partial charge on any atom is -0.497 e. The predicted octanol–water partition coefficient (Wildman–Crippen LogP) is 2.73. The van der Waals surface area contributed by atoms with E-state index < -0.39 is 18.0 Å². The van der Waals surface area contributed by atoms with E-state index in [9.17, 15) is 9.59 Å². The number of ether oxygens (including phenoxy) is 3. The zero-order chi connectivity index (χ0) is 16.4. The number of esters is 2. The van der Waals surface area contributed by atoms with Crippen LogP contribution in [0.25, 0.3) is 0 Å². The van der Waals surface area contributed by atoms with E-state index in [1.807, 2.05) is 6.92 Å². The minimum atomic E-state index is -0.500. The molecule has 1 unspecified atom stereocenters. The van der Waals surface area contributed by atoms with Crippen molar-refractivity contribution in [2.45, 2.75) is 39.2 Å². The van der Waals surface area contributed by atoms with Gasteiger partial charge in [0.15, 0.2) is 6.10 Å². The van der Waals surface area contributed by atoms with E-state index >= 15 is 0 Å². The van der Waals surface area contributed by atoms with Gasteiger partial charge < -0.3 is 14.2 Å². The summed E-state index contributed by atoms with van der Waals surface area (Å²) in [6, 6.07) is 6.70. The van der Waals surface area contributed by atoms with Crippen molar-refractivity contribution < 1.29 is 23.8 Å². The third kappa shape index (κ3) is 6.31. The summed E-state index contributed by atoms with van der Waals surface area (Å²) in [4.78, 5) is 23.3. The van der Waals surface area contributed by atoms with E-state index in [0.29, 0.717) is 17.9 Å².